The van der Waals surface area contributed by atoms with Gasteiger partial charge in [-0.1, -0.05) is 46.3 Å². The second-order valence-corrected chi connectivity index (χ2v) is 5.29. The summed E-state index contributed by atoms with van der Waals surface area (Å²) in [6.45, 7) is 0.776. The minimum atomic E-state index is 0.470. The highest BCUT2D eigenvalue weighted by Crippen LogP contribution is 2.33. The molecule has 0 spiro atoms. The lowest BCUT2D eigenvalue weighted by atomic mass is 9.90. The first-order chi connectivity index (χ1) is 8.33. The van der Waals surface area contributed by atoms with Crippen LogP contribution in [0.25, 0.3) is 0 Å². The van der Waals surface area contributed by atoms with Crippen molar-refractivity contribution in [3.8, 4) is 5.75 Å². The van der Waals surface area contributed by atoms with Crippen molar-refractivity contribution in [2.24, 2.45) is 0 Å². The first-order valence-corrected chi connectivity index (χ1v) is 6.58. The quantitative estimate of drug-likeness (QED) is 0.765. The molecule has 1 aliphatic rings. The second-order valence-electron chi connectivity index (χ2n) is 4.37. The maximum Gasteiger partial charge on any atom is 0.122 e. The van der Waals surface area contributed by atoms with Gasteiger partial charge in [0.15, 0.2) is 0 Å². The van der Waals surface area contributed by atoms with Gasteiger partial charge in [-0.05, 0) is 35.7 Å². The molecule has 0 N–H and O–H groups in total. The van der Waals surface area contributed by atoms with E-state index in [0.717, 1.165) is 23.2 Å². The fourth-order valence-corrected chi connectivity index (χ4v) is 2.71. The summed E-state index contributed by atoms with van der Waals surface area (Å²) < 4.78 is 6.94. The third kappa shape index (κ3) is 2.22. The van der Waals surface area contributed by atoms with Gasteiger partial charge in [-0.2, -0.15) is 0 Å². The summed E-state index contributed by atoms with van der Waals surface area (Å²) in [6, 6.07) is 16.8. The fraction of sp³-hybridized carbons (Fsp3) is 0.200. The number of hydrogen-bond donors (Lipinski definition) is 0. The molecule has 0 bridgehead atoms. The van der Waals surface area contributed by atoms with Gasteiger partial charge < -0.3 is 4.74 Å². The van der Waals surface area contributed by atoms with Crippen LogP contribution in [0.5, 0.6) is 5.75 Å². The van der Waals surface area contributed by atoms with Crippen molar-refractivity contribution >= 4 is 15.9 Å². The first kappa shape index (κ1) is 10.8. The van der Waals surface area contributed by atoms with E-state index in [1.54, 1.807) is 0 Å². The van der Waals surface area contributed by atoms with Crippen LogP contribution in [0.2, 0.25) is 0 Å². The van der Waals surface area contributed by atoms with Gasteiger partial charge in [0.05, 0.1) is 6.61 Å². The van der Waals surface area contributed by atoms with E-state index in [1.165, 1.54) is 11.1 Å². The summed E-state index contributed by atoms with van der Waals surface area (Å²) in [4.78, 5) is 0. The van der Waals surface area contributed by atoms with Gasteiger partial charge in [0.25, 0.3) is 0 Å². The zero-order valence-corrected chi connectivity index (χ0v) is 11.0. The average molecular weight is 289 g/mol. The molecular weight excluding hydrogens is 276 g/mol. The standard InChI is InChI=1S/C15H13BrO/c16-14-6-7-15-12(9-14)8-13(10-17-15)11-4-2-1-3-5-11/h1-7,9,13H,8,10H2/t13-/m1/s1. The van der Waals surface area contributed by atoms with Crippen LogP contribution in [0.1, 0.15) is 17.0 Å². The third-order valence-electron chi connectivity index (χ3n) is 3.20. The molecule has 0 aliphatic carbocycles. The number of fused-ring (bicyclic) bond motifs is 1. The predicted molar refractivity (Wildman–Crippen MR) is 72.5 cm³/mol. The molecule has 1 nitrogen and oxygen atoms in total. The van der Waals surface area contributed by atoms with Gasteiger partial charge in [0, 0.05) is 10.4 Å². The Morgan fingerprint density at radius 2 is 1.88 bits per heavy atom. The number of benzene rings is 2. The smallest absolute Gasteiger partial charge is 0.122 e. The van der Waals surface area contributed by atoms with Gasteiger partial charge in [0.2, 0.25) is 0 Å². The zero-order valence-electron chi connectivity index (χ0n) is 9.40. The van der Waals surface area contributed by atoms with Crippen LogP contribution in [0.15, 0.2) is 53.0 Å². The van der Waals surface area contributed by atoms with Crippen LogP contribution >= 0.6 is 15.9 Å². The highest BCUT2D eigenvalue weighted by molar-refractivity contribution is 9.10. The zero-order chi connectivity index (χ0) is 11.7. The van der Waals surface area contributed by atoms with E-state index < -0.39 is 0 Å². The molecule has 2 aromatic carbocycles. The summed E-state index contributed by atoms with van der Waals surface area (Å²) >= 11 is 3.51. The molecule has 0 fully saturated rings. The molecule has 0 aromatic heterocycles. The fourth-order valence-electron chi connectivity index (χ4n) is 2.30. The summed E-state index contributed by atoms with van der Waals surface area (Å²) in [7, 11) is 0. The third-order valence-corrected chi connectivity index (χ3v) is 3.69. The average Bonchev–Trinajstić information content (AvgIpc) is 2.39. The van der Waals surface area contributed by atoms with E-state index in [-0.39, 0.29) is 0 Å². The van der Waals surface area contributed by atoms with Crippen molar-refractivity contribution < 1.29 is 4.74 Å². The highest BCUT2D eigenvalue weighted by Gasteiger charge is 2.21. The lowest BCUT2D eigenvalue weighted by molar-refractivity contribution is 0.262. The Morgan fingerprint density at radius 1 is 1.06 bits per heavy atom. The number of hydrogen-bond acceptors (Lipinski definition) is 1. The molecule has 1 heterocycles. The van der Waals surface area contributed by atoms with E-state index in [0.29, 0.717) is 5.92 Å². The minimum absolute atomic E-state index is 0.470. The maximum absolute atomic E-state index is 5.82. The van der Waals surface area contributed by atoms with Gasteiger partial charge in [0.1, 0.15) is 5.75 Å². The summed E-state index contributed by atoms with van der Waals surface area (Å²) in [6.07, 6.45) is 1.05. The van der Waals surface area contributed by atoms with Crippen molar-refractivity contribution in [2.45, 2.75) is 12.3 Å². The molecule has 1 atom stereocenters. The Hall–Kier alpha value is -1.28. The van der Waals surface area contributed by atoms with Gasteiger partial charge in [-0.15, -0.1) is 0 Å². The Labute approximate surface area is 110 Å². The molecule has 2 aromatic rings. The summed E-state index contributed by atoms with van der Waals surface area (Å²) in [5.74, 6) is 1.50. The van der Waals surface area contributed by atoms with E-state index in [2.05, 4.69) is 52.3 Å². The molecule has 0 radical (unpaired) electrons. The largest absolute Gasteiger partial charge is 0.493 e. The molecule has 0 saturated heterocycles. The topological polar surface area (TPSA) is 9.23 Å². The van der Waals surface area contributed by atoms with Crippen LogP contribution in [0.4, 0.5) is 0 Å². The Bertz CT molecular complexity index is 522. The maximum atomic E-state index is 5.82. The van der Waals surface area contributed by atoms with Crippen molar-refractivity contribution in [1.29, 1.82) is 0 Å². The summed E-state index contributed by atoms with van der Waals surface area (Å²) in [5, 5.41) is 0. The minimum Gasteiger partial charge on any atom is -0.493 e. The Balaban J connectivity index is 1.90. The lowest BCUT2D eigenvalue weighted by Crippen LogP contribution is -2.19. The molecule has 0 unspecified atom stereocenters. The monoisotopic (exact) mass is 288 g/mol. The van der Waals surface area contributed by atoms with Gasteiger partial charge in [-0.25, -0.2) is 0 Å². The van der Waals surface area contributed by atoms with E-state index in [4.69, 9.17) is 4.74 Å². The SMILES string of the molecule is Brc1ccc2c(c1)C[C@@H](c1ccccc1)CO2. The molecular formula is C15H13BrO. The molecule has 86 valence electrons. The number of rotatable bonds is 1. The molecule has 3 rings (SSSR count). The second kappa shape index (κ2) is 4.53. The molecule has 2 heteroatoms. The normalized spacial score (nSPS) is 18.3. The molecule has 0 amide bonds. The lowest BCUT2D eigenvalue weighted by Gasteiger charge is -2.25. The van der Waals surface area contributed by atoms with E-state index in [1.807, 2.05) is 12.1 Å². The molecule has 17 heavy (non-hydrogen) atoms. The Morgan fingerprint density at radius 3 is 2.71 bits per heavy atom. The Kier molecular flexibility index (Phi) is 2.89. The predicted octanol–water partition coefficient (Wildman–Crippen LogP) is 4.17. The molecule has 0 saturated carbocycles. The van der Waals surface area contributed by atoms with Gasteiger partial charge >= 0.3 is 0 Å². The van der Waals surface area contributed by atoms with Crippen molar-refractivity contribution in [1.82, 2.24) is 0 Å². The van der Waals surface area contributed by atoms with E-state index >= 15 is 0 Å². The van der Waals surface area contributed by atoms with E-state index in [9.17, 15) is 0 Å². The van der Waals surface area contributed by atoms with Crippen LogP contribution in [0, 0.1) is 0 Å². The van der Waals surface area contributed by atoms with Crippen molar-refractivity contribution in [3.05, 3.63) is 64.1 Å². The van der Waals surface area contributed by atoms with Gasteiger partial charge in [-0.3, -0.25) is 0 Å². The van der Waals surface area contributed by atoms with Crippen LogP contribution in [-0.4, -0.2) is 6.61 Å². The van der Waals surface area contributed by atoms with Crippen molar-refractivity contribution in [2.75, 3.05) is 6.61 Å². The van der Waals surface area contributed by atoms with Crippen molar-refractivity contribution in [3.63, 3.8) is 0 Å². The molecule has 1 aliphatic heterocycles. The number of ether oxygens (including phenoxy) is 1. The van der Waals surface area contributed by atoms with Crippen LogP contribution in [-0.2, 0) is 6.42 Å². The van der Waals surface area contributed by atoms with Crippen LogP contribution in [0.3, 0.4) is 0 Å². The van der Waals surface area contributed by atoms with Crippen LogP contribution < -0.4 is 4.74 Å². The number of halogens is 1. The first-order valence-electron chi connectivity index (χ1n) is 5.79. The summed E-state index contributed by atoms with van der Waals surface area (Å²) in [5.41, 5.74) is 2.65. The highest BCUT2D eigenvalue weighted by atomic mass is 79.9.